The van der Waals surface area contributed by atoms with Gasteiger partial charge in [0.25, 0.3) is 5.91 Å². The number of hydrogen-bond acceptors (Lipinski definition) is 4. The highest BCUT2D eigenvalue weighted by molar-refractivity contribution is 6.13. The van der Waals surface area contributed by atoms with E-state index in [1.807, 2.05) is 60.8 Å². The fraction of sp³-hybridized carbons (Fsp3) is 0.0500. The molecule has 25 heavy (non-hydrogen) atoms. The van der Waals surface area contributed by atoms with Crippen molar-refractivity contribution in [1.29, 1.82) is 0 Å². The first-order valence-corrected chi connectivity index (χ1v) is 8.01. The second-order valence-corrected chi connectivity index (χ2v) is 5.77. The van der Waals surface area contributed by atoms with Crippen LogP contribution in [0.3, 0.4) is 0 Å². The Balaban J connectivity index is 1.53. The molecule has 0 aliphatic carbocycles. The van der Waals surface area contributed by atoms with Gasteiger partial charge in [-0.25, -0.2) is 4.99 Å². The number of benzene rings is 2. The standard InChI is InChI=1S/C20H16N4O/c25-19-18(11-15-6-7-17-13-21-9-8-16(17)10-15)23-20(24-19)22-12-14-4-2-1-3-5-14/h1-11,13H,12H2,(H2,22,23,24,25)/b18-11-. The summed E-state index contributed by atoms with van der Waals surface area (Å²) < 4.78 is 0. The zero-order valence-corrected chi connectivity index (χ0v) is 13.4. The number of hydrogen-bond donors (Lipinski definition) is 2. The molecule has 1 aliphatic rings. The van der Waals surface area contributed by atoms with E-state index in [9.17, 15) is 4.79 Å². The lowest BCUT2D eigenvalue weighted by Crippen LogP contribution is -2.35. The summed E-state index contributed by atoms with van der Waals surface area (Å²) in [5.41, 5.74) is 2.45. The number of nitrogens with one attached hydrogen (secondary N) is 2. The zero-order valence-electron chi connectivity index (χ0n) is 13.4. The predicted molar refractivity (Wildman–Crippen MR) is 98.6 cm³/mol. The minimum Gasteiger partial charge on any atom is -0.352 e. The fourth-order valence-corrected chi connectivity index (χ4v) is 2.68. The van der Waals surface area contributed by atoms with Crippen LogP contribution < -0.4 is 10.6 Å². The molecule has 0 atom stereocenters. The third kappa shape index (κ3) is 3.40. The molecule has 0 saturated heterocycles. The molecule has 3 aromatic rings. The Morgan fingerprint density at radius 2 is 1.92 bits per heavy atom. The molecule has 2 aromatic carbocycles. The summed E-state index contributed by atoms with van der Waals surface area (Å²) >= 11 is 0. The molecule has 5 heteroatoms. The Morgan fingerprint density at radius 3 is 2.80 bits per heavy atom. The predicted octanol–water partition coefficient (Wildman–Crippen LogP) is 2.85. The molecule has 1 aliphatic heterocycles. The van der Waals surface area contributed by atoms with E-state index in [1.165, 1.54) is 0 Å². The summed E-state index contributed by atoms with van der Waals surface area (Å²) in [6.45, 7) is 0.607. The van der Waals surface area contributed by atoms with Crippen LogP contribution in [0.2, 0.25) is 0 Å². The number of guanidine groups is 1. The van der Waals surface area contributed by atoms with Crippen LogP contribution in [-0.2, 0) is 11.3 Å². The highest BCUT2D eigenvalue weighted by atomic mass is 16.2. The molecular weight excluding hydrogens is 312 g/mol. The van der Waals surface area contributed by atoms with Crippen LogP contribution in [0.15, 0.2) is 77.7 Å². The molecule has 1 aromatic heterocycles. The van der Waals surface area contributed by atoms with Gasteiger partial charge in [-0.2, -0.15) is 0 Å². The van der Waals surface area contributed by atoms with Crippen LogP contribution in [-0.4, -0.2) is 16.9 Å². The second-order valence-electron chi connectivity index (χ2n) is 5.77. The highest BCUT2D eigenvalue weighted by Crippen LogP contribution is 2.18. The molecule has 2 heterocycles. The van der Waals surface area contributed by atoms with Gasteiger partial charge in [0.2, 0.25) is 5.96 Å². The number of aromatic nitrogens is 1. The van der Waals surface area contributed by atoms with E-state index in [4.69, 9.17) is 0 Å². The molecule has 0 unspecified atom stereocenters. The fourth-order valence-electron chi connectivity index (χ4n) is 2.68. The van der Waals surface area contributed by atoms with Gasteiger partial charge in [0.1, 0.15) is 5.70 Å². The third-order valence-electron chi connectivity index (χ3n) is 3.97. The maximum absolute atomic E-state index is 12.1. The van der Waals surface area contributed by atoms with E-state index in [0.717, 1.165) is 21.9 Å². The maximum atomic E-state index is 12.1. The first kappa shape index (κ1) is 15.1. The van der Waals surface area contributed by atoms with Crippen molar-refractivity contribution in [3.8, 4) is 0 Å². The zero-order chi connectivity index (χ0) is 17.1. The lowest BCUT2D eigenvalue weighted by Gasteiger charge is -2.04. The quantitative estimate of drug-likeness (QED) is 0.727. The van der Waals surface area contributed by atoms with Gasteiger partial charge < -0.3 is 5.32 Å². The minimum absolute atomic E-state index is 0.203. The van der Waals surface area contributed by atoms with Crippen molar-refractivity contribution in [2.75, 3.05) is 0 Å². The first-order chi connectivity index (χ1) is 12.3. The Hall–Kier alpha value is -3.47. The van der Waals surface area contributed by atoms with Gasteiger partial charge in [0, 0.05) is 24.3 Å². The van der Waals surface area contributed by atoms with Crippen LogP contribution in [0, 0.1) is 0 Å². The number of carbonyl (C=O) groups is 1. The number of pyridine rings is 1. The molecule has 1 amide bonds. The Bertz CT molecular complexity index is 993. The van der Waals surface area contributed by atoms with E-state index in [2.05, 4.69) is 20.6 Å². The normalized spacial score (nSPS) is 15.3. The SMILES string of the molecule is O=C1NC(NCc2ccccc2)=N/C1=C\c1ccc2cnccc2c1. The van der Waals surface area contributed by atoms with Gasteiger partial charge in [0.15, 0.2) is 0 Å². The number of fused-ring (bicyclic) bond motifs is 1. The molecule has 5 nitrogen and oxygen atoms in total. The van der Waals surface area contributed by atoms with Crippen LogP contribution in [0.4, 0.5) is 0 Å². The van der Waals surface area contributed by atoms with Crippen molar-refractivity contribution in [2.45, 2.75) is 6.54 Å². The minimum atomic E-state index is -0.203. The second kappa shape index (κ2) is 6.57. The van der Waals surface area contributed by atoms with Gasteiger partial charge in [-0.3, -0.25) is 15.1 Å². The maximum Gasteiger partial charge on any atom is 0.276 e. The summed E-state index contributed by atoms with van der Waals surface area (Å²) in [6.07, 6.45) is 5.36. The van der Waals surface area contributed by atoms with Gasteiger partial charge in [-0.15, -0.1) is 0 Å². The third-order valence-corrected chi connectivity index (χ3v) is 3.97. The molecule has 0 saturated carbocycles. The Kier molecular flexibility index (Phi) is 3.96. The van der Waals surface area contributed by atoms with E-state index in [-0.39, 0.29) is 5.91 Å². The molecule has 0 spiro atoms. The van der Waals surface area contributed by atoms with Crippen molar-refractivity contribution < 1.29 is 4.79 Å². The molecule has 0 fully saturated rings. The topological polar surface area (TPSA) is 66.4 Å². The van der Waals surface area contributed by atoms with Crippen molar-refractivity contribution in [2.24, 2.45) is 4.99 Å². The number of amides is 1. The lowest BCUT2D eigenvalue weighted by molar-refractivity contribution is -0.115. The molecule has 2 N–H and O–H groups in total. The average molecular weight is 328 g/mol. The van der Waals surface area contributed by atoms with Crippen LogP contribution >= 0.6 is 0 Å². The van der Waals surface area contributed by atoms with Crippen molar-refractivity contribution in [1.82, 2.24) is 15.6 Å². The van der Waals surface area contributed by atoms with E-state index >= 15 is 0 Å². The van der Waals surface area contributed by atoms with Crippen LogP contribution in [0.25, 0.3) is 16.8 Å². The summed E-state index contributed by atoms with van der Waals surface area (Å²) in [7, 11) is 0. The summed E-state index contributed by atoms with van der Waals surface area (Å²) in [4.78, 5) is 20.6. The first-order valence-electron chi connectivity index (χ1n) is 8.01. The smallest absolute Gasteiger partial charge is 0.276 e. The Morgan fingerprint density at radius 1 is 1.04 bits per heavy atom. The van der Waals surface area contributed by atoms with Crippen molar-refractivity contribution in [3.63, 3.8) is 0 Å². The number of rotatable bonds is 3. The number of nitrogens with zero attached hydrogens (tertiary/aromatic N) is 2. The highest BCUT2D eigenvalue weighted by Gasteiger charge is 2.19. The molecule has 0 bridgehead atoms. The summed E-state index contributed by atoms with van der Waals surface area (Å²) in [5.74, 6) is 0.274. The molecule has 4 rings (SSSR count). The van der Waals surface area contributed by atoms with Gasteiger partial charge >= 0.3 is 0 Å². The molecular formula is C20H16N4O. The molecule has 122 valence electrons. The van der Waals surface area contributed by atoms with Gasteiger partial charge in [-0.05, 0) is 34.7 Å². The number of aliphatic imine (C=N–C) groups is 1. The van der Waals surface area contributed by atoms with Crippen LogP contribution in [0.1, 0.15) is 11.1 Å². The van der Waals surface area contributed by atoms with Crippen molar-refractivity contribution in [3.05, 3.63) is 83.8 Å². The Labute approximate surface area is 145 Å². The van der Waals surface area contributed by atoms with E-state index in [0.29, 0.717) is 18.2 Å². The summed E-state index contributed by atoms with van der Waals surface area (Å²) in [5, 5.41) is 8.04. The monoisotopic (exact) mass is 328 g/mol. The largest absolute Gasteiger partial charge is 0.352 e. The molecule has 0 radical (unpaired) electrons. The average Bonchev–Trinajstić information content (AvgIpc) is 3.00. The lowest BCUT2D eigenvalue weighted by atomic mass is 10.1. The van der Waals surface area contributed by atoms with Crippen molar-refractivity contribution >= 4 is 28.7 Å². The van der Waals surface area contributed by atoms with E-state index in [1.54, 1.807) is 12.3 Å². The van der Waals surface area contributed by atoms with Gasteiger partial charge in [-0.1, -0.05) is 42.5 Å². The summed E-state index contributed by atoms with van der Waals surface area (Å²) in [6, 6.07) is 17.9. The van der Waals surface area contributed by atoms with Crippen LogP contribution in [0.5, 0.6) is 0 Å². The van der Waals surface area contributed by atoms with Gasteiger partial charge in [0.05, 0.1) is 0 Å². The van der Waals surface area contributed by atoms with E-state index < -0.39 is 0 Å². The number of carbonyl (C=O) groups excluding carboxylic acids is 1.